The molecule has 15 heteroatoms. The minimum absolute atomic E-state index is 0.0542. The first-order valence-electron chi connectivity index (χ1n) is 15.3. The van der Waals surface area contributed by atoms with Crippen molar-refractivity contribution in [3.63, 3.8) is 0 Å². The number of carbonyl (C=O) groups is 5. The third-order valence-corrected chi connectivity index (χ3v) is 10.6. The van der Waals surface area contributed by atoms with E-state index in [0.717, 1.165) is 12.8 Å². The van der Waals surface area contributed by atoms with Crippen LogP contribution in [-0.2, 0) is 35.7 Å². The van der Waals surface area contributed by atoms with Crippen LogP contribution in [0.25, 0.3) is 0 Å². The number of hydrogen-bond acceptors (Lipinski definition) is 8. The molecule has 1 saturated heterocycles. The van der Waals surface area contributed by atoms with E-state index in [0.29, 0.717) is 45.1 Å². The maximum Gasteiger partial charge on any atom is 0.272 e. The normalized spacial score (nSPS) is 27.4. The van der Waals surface area contributed by atoms with Crippen LogP contribution in [0.15, 0.2) is 24.4 Å². The molecule has 44 heavy (non-hydrogen) atoms. The van der Waals surface area contributed by atoms with E-state index in [4.69, 9.17) is 0 Å². The summed E-state index contributed by atoms with van der Waals surface area (Å²) in [7, 11) is -2.44. The van der Waals surface area contributed by atoms with E-state index >= 15 is 0 Å². The number of carbonyl (C=O) groups excluding carboxylic acids is 5. The third kappa shape index (κ3) is 7.48. The molecule has 3 aliphatic rings. The number of nitrogens with zero attached hydrogens (tertiary/aromatic N) is 3. The number of allylic oxidation sites excluding steroid dienone is 1. The molecule has 242 valence electrons. The highest BCUT2D eigenvalue weighted by Gasteiger charge is 2.61. The molecule has 3 heterocycles. The van der Waals surface area contributed by atoms with Crippen molar-refractivity contribution in [2.75, 3.05) is 13.6 Å². The monoisotopic (exact) mass is 633 g/mol. The first kappa shape index (κ1) is 33.1. The van der Waals surface area contributed by atoms with E-state index in [-0.39, 0.29) is 30.5 Å². The molecule has 2 fully saturated rings. The first-order chi connectivity index (χ1) is 20.9. The van der Waals surface area contributed by atoms with Gasteiger partial charge in [-0.3, -0.25) is 33.4 Å². The van der Waals surface area contributed by atoms with Crippen molar-refractivity contribution in [2.45, 2.75) is 101 Å². The molecular formula is C29H43N7O7S. The average Bonchev–Trinajstić information content (AvgIpc) is 3.31. The second-order valence-corrected chi connectivity index (χ2v) is 13.9. The summed E-state index contributed by atoms with van der Waals surface area (Å²) in [5.41, 5.74) is -1.37. The zero-order valence-corrected chi connectivity index (χ0v) is 26.3. The van der Waals surface area contributed by atoms with Gasteiger partial charge in [0, 0.05) is 25.7 Å². The van der Waals surface area contributed by atoms with E-state index in [1.165, 1.54) is 35.8 Å². The van der Waals surface area contributed by atoms with E-state index in [2.05, 4.69) is 25.8 Å². The SMILES string of the molecule is CCC(C)S(=O)(=O)NC(=O)[C@@]12CC1/C=C\CCCCC[C@H](NC(=O)c1ccn(CC(=O)NC)n1)C(=O)N1CCCC1C(=O)N2. The lowest BCUT2D eigenvalue weighted by molar-refractivity contribution is -0.141. The maximum atomic E-state index is 13.8. The van der Waals surface area contributed by atoms with Gasteiger partial charge in [-0.1, -0.05) is 31.9 Å². The molecule has 1 saturated carbocycles. The quantitative estimate of drug-likeness (QED) is 0.295. The Labute approximate surface area is 257 Å². The molecule has 5 atom stereocenters. The zero-order valence-electron chi connectivity index (χ0n) is 25.5. The molecule has 1 aromatic heterocycles. The van der Waals surface area contributed by atoms with Crippen molar-refractivity contribution in [2.24, 2.45) is 5.92 Å². The van der Waals surface area contributed by atoms with E-state index in [1.54, 1.807) is 6.92 Å². The summed E-state index contributed by atoms with van der Waals surface area (Å²) >= 11 is 0. The molecule has 0 aromatic carbocycles. The highest BCUT2D eigenvalue weighted by Crippen LogP contribution is 2.45. The molecule has 0 radical (unpaired) electrons. The number of rotatable bonds is 8. The molecular weight excluding hydrogens is 590 g/mol. The van der Waals surface area contributed by atoms with Gasteiger partial charge >= 0.3 is 0 Å². The molecule has 3 unspecified atom stereocenters. The summed E-state index contributed by atoms with van der Waals surface area (Å²) in [6.07, 6.45) is 10.1. The van der Waals surface area contributed by atoms with Gasteiger partial charge in [0.1, 0.15) is 29.9 Å². The Morgan fingerprint density at radius 3 is 2.66 bits per heavy atom. The predicted octanol–water partition coefficient (Wildman–Crippen LogP) is 0.358. The van der Waals surface area contributed by atoms with Crippen molar-refractivity contribution >= 4 is 39.6 Å². The number of likely N-dealkylation sites (N-methyl/N-ethyl adjacent to an activating group) is 1. The van der Waals surface area contributed by atoms with Crippen LogP contribution >= 0.6 is 0 Å². The van der Waals surface area contributed by atoms with Gasteiger partial charge in [-0.15, -0.1) is 0 Å². The van der Waals surface area contributed by atoms with Crippen LogP contribution < -0.4 is 20.7 Å². The molecule has 1 aliphatic carbocycles. The van der Waals surface area contributed by atoms with Crippen LogP contribution in [0.4, 0.5) is 0 Å². The Hall–Kier alpha value is -3.75. The molecule has 2 aliphatic heterocycles. The highest BCUT2D eigenvalue weighted by atomic mass is 32.2. The maximum absolute atomic E-state index is 13.8. The van der Waals surface area contributed by atoms with Gasteiger partial charge in [-0.2, -0.15) is 5.10 Å². The van der Waals surface area contributed by atoms with Crippen LogP contribution in [0.5, 0.6) is 0 Å². The molecule has 14 nitrogen and oxygen atoms in total. The van der Waals surface area contributed by atoms with Gasteiger partial charge in [-0.05, 0) is 57.9 Å². The van der Waals surface area contributed by atoms with Gasteiger partial charge < -0.3 is 20.9 Å². The Balaban J connectivity index is 1.53. The van der Waals surface area contributed by atoms with Gasteiger partial charge in [0.25, 0.3) is 11.8 Å². The number of amides is 5. The van der Waals surface area contributed by atoms with Gasteiger partial charge in [0.15, 0.2) is 0 Å². The third-order valence-electron chi connectivity index (χ3n) is 8.74. The standard InChI is InChI=1S/C29H43N7O7S/c1-4-19(2)44(42,43)34-28(41)29-17-20(29)11-8-6-5-7-9-12-22(27(40)36-15-10-13-23(36)26(39)32-29)31-25(38)21-14-16-35(33-21)18-24(37)30-3/h8,11,14,16,19-20,22-23H,4-7,9-10,12-13,15,17-18H2,1-3H3,(H,30,37)(H,31,38)(H,32,39)(H,34,41)/b11-8-/t19?,20?,22-,23?,29+/m0/s1. The molecule has 5 amide bonds. The van der Waals surface area contributed by atoms with Crippen molar-refractivity contribution in [1.29, 1.82) is 0 Å². The molecule has 4 rings (SSSR count). The summed E-state index contributed by atoms with van der Waals surface area (Å²) in [6.45, 7) is 3.47. The summed E-state index contributed by atoms with van der Waals surface area (Å²) in [5.74, 6) is -2.93. The Morgan fingerprint density at radius 2 is 1.93 bits per heavy atom. The van der Waals surface area contributed by atoms with Crippen LogP contribution in [0, 0.1) is 5.92 Å². The van der Waals surface area contributed by atoms with Crippen LogP contribution in [0.1, 0.15) is 82.1 Å². The van der Waals surface area contributed by atoms with Crippen molar-refractivity contribution in [3.05, 3.63) is 30.1 Å². The zero-order chi connectivity index (χ0) is 32.1. The lowest BCUT2D eigenvalue weighted by atomic mass is 10.0. The van der Waals surface area contributed by atoms with E-state index in [9.17, 15) is 32.4 Å². The second-order valence-electron chi connectivity index (χ2n) is 11.8. The van der Waals surface area contributed by atoms with E-state index < -0.39 is 56.5 Å². The van der Waals surface area contributed by atoms with Crippen molar-refractivity contribution in [1.82, 2.24) is 35.4 Å². The lowest BCUT2D eigenvalue weighted by Crippen LogP contribution is -2.58. The fourth-order valence-electron chi connectivity index (χ4n) is 5.66. The van der Waals surface area contributed by atoms with Crippen LogP contribution in [0.2, 0.25) is 0 Å². The summed E-state index contributed by atoms with van der Waals surface area (Å²) < 4.78 is 28.9. The Morgan fingerprint density at radius 1 is 1.16 bits per heavy atom. The average molecular weight is 634 g/mol. The fraction of sp³-hybridized carbons (Fsp3) is 0.655. The smallest absolute Gasteiger partial charge is 0.272 e. The number of fused-ring (bicyclic) bond motifs is 2. The van der Waals surface area contributed by atoms with Crippen molar-refractivity contribution in [3.8, 4) is 0 Å². The predicted molar refractivity (Wildman–Crippen MR) is 160 cm³/mol. The fourth-order valence-corrected chi connectivity index (χ4v) is 6.74. The number of nitrogens with one attached hydrogen (secondary N) is 4. The molecule has 0 spiro atoms. The lowest BCUT2D eigenvalue weighted by Gasteiger charge is -2.30. The molecule has 4 N–H and O–H groups in total. The number of hydrogen-bond donors (Lipinski definition) is 4. The minimum Gasteiger partial charge on any atom is -0.358 e. The number of aromatic nitrogens is 2. The second kappa shape index (κ2) is 13.9. The van der Waals surface area contributed by atoms with Crippen LogP contribution in [0.3, 0.4) is 0 Å². The first-order valence-corrected chi connectivity index (χ1v) is 16.9. The summed E-state index contributed by atoms with van der Waals surface area (Å²) in [4.78, 5) is 67.1. The molecule has 1 aromatic rings. The Kier molecular flexibility index (Phi) is 10.5. The Bertz CT molecular complexity index is 1410. The van der Waals surface area contributed by atoms with Crippen molar-refractivity contribution < 1.29 is 32.4 Å². The van der Waals surface area contributed by atoms with E-state index in [1.807, 2.05) is 12.2 Å². The summed E-state index contributed by atoms with van der Waals surface area (Å²) in [6, 6.07) is -0.321. The van der Waals surface area contributed by atoms with Gasteiger partial charge in [0.05, 0.1) is 5.25 Å². The van der Waals surface area contributed by atoms with Crippen LogP contribution in [-0.4, -0.2) is 89.1 Å². The van der Waals surface area contributed by atoms with Gasteiger partial charge in [0.2, 0.25) is 27.7 Å². The number of sulfonamides is 1. The summed E-state index contributed by atoms with van der Waals surface area (Å²) in [5, 5.41) is 11.5. The topological polar surface area (TPSA) is 189 Å². The highest BCUT2D eigenvalue weighted by molar-refractivity contribution is 7.90. The van der Waals surface area contributed by atoms with Gasteiger partial charge in [-0.25, -0.2) is 8.42 Å². The largest absolute Gasteiger partial charge is 0.358 e. The minimum atomic E-state index is -3.93. The molecule has 0 bridgehead atoms.